The largest absolute Gasteiger partial charge is 0.353 e. The van der Waals surface area contributed by atoms with Gasteiger partial charge in [0.05, 0.1) is 23.5 Å². The Labute approximate surface area is 239 Å². The summed E-state index contributed by atoms with van der Waals surface area (Å²) >= 11 is 0. The first kappa shape index (κ1) is 25.3. The third-order valence-electron chi connectivity index (χ3n) is 9.09. The number of carbonyl (C=O) groups is 1. The number of nitriles is 1. The van der Waals surface area contributed by atoms with Gasteiger partial charge in [-0.2, -0.15) is 15.5 Å². The summed E-state index contributed by atoms with van der Waals surface area (Å²) in [5.74, 6) is 9.19. The van der Waals surface area contributed by atoms with Crippen LogP contribution in [0.25, 0.3) is 27.8 Å². The van der Waals surface area contributed by atoms with Crippen LogP contribution in [0.1, 0.15) is 37.7 Å². The second-order valence-electron chi connectivity index (χ2n) is 11.6. The fraction of sp³-hybridized carbons (Fsp3) is 0.406. The maximum atomic E-state index is 12.8. The van der Waals surface area contributed by atoms with Gasteiger partial charge >= 0.3 is 0 Å². The van der Waals surface area contributed by atoms with Gasteiger partial charge < -0.3 is 9.80 Å². The van der Waals surface area contributed by atoms with Crippen molar-refractivity contribution in [1.29, 1.82) is 5.26 Å². The van der Waals surface area contributed by atoms with E-state index in [1.165, 1.54) is 32.1 Å². The molecule has 2 unspecified atom stereocenters. The van der Waals surface area contributed by atoms with Crippen LogP contribution in [-0.2, 0) is 11.8 Å². The van der Waals surface area contributed by atoms with Crippen LogP contribution in [0.5, 0.6) is 0 Å². The van der Waals surface area contributed by atoms with E-state index in [-0.39, 0.29) is 5.91 Å². The van der Waals surface area contributed by atoms with Crippen molar-refractivity contribution in [1.82, 2.24) is 29.3 Å². The molecule has 4 aromatic heterocycles. The average Bonchev–Trinajstić information content (AvgIpc) is 3.80. The lowest BCUT2D eigenvalue weighted by molar-refractivity contribution is -0.125. The van der Waals surface area contributed by atoms with Crippen LogP contribution in [0, 0.1) is 40.9 Å². The van der Waals surface area contributed by atoms with Gasteiger partial charge in [0.25, 0.3) is 5.91 Å². The number of fused-ring (bicyclic) bond motifs is 2. The lowest BCUT2D eigenvalue weighted by atomic mass is 10.0. The third kappa shape index (κ3) is 4.82. The molecule has 9 heteroatoms. The topological polar surface area (TPSA) is 95.3 Å². The van der Waals surface area contributed by atoms with Crippen LogP contribution in [0.15, 0.2) is 49.2 Å². The molecule has 9 nitrogen and oxygen atoms in total. The lowest BCUT2D eigenvalue weighted by Gasteiger charge is -2.34. The molecule has 4 aromatic rings. The van der Waals surface area contributed by atoms with Crippen molar-refractivity contribution < 1.29 is 4.79 Å². The summed E-state index contributed by atoms with van der Waals surface area (Å²) in [5, 5.41) is 18.4. The zero-order chi connectivity index (χ0) is 27.9. The zero-order valence-electron chi connectivity index (χ0n) is 23.2. The molecule has 2 aliphatic carbocycles. The minimum Gasteiger partial charge on any atom is -0.353 e. The fourth-order valence-electron chi connectivity index (χ4n) is 6.94. The number of aryl methyl sites for hydroxylation is 1. The molecule has 1 amide bonds. The van der Waals surface area contributed by atoms with E-state index in [1.54, 1.807) is 15.4 Å². The lowest BCUT2D eigenvalue weighted by Crippen LogP contribution is -2.48. The van der Waals surface area contributed by atoms with Crippen molar-refractivity contribution >= 4 is 17.2 Å². The molecule has 1 aliphatic heterocycles. The highest BCUT2D eigenvalue weighted by atomic mass is 16.2. The molecule has 3 aliphatic rings. The number of nitrogens with zero attached hydrogens (tertiary/aromatic N) is 8. The Morgan fingerprint density at radius 3 is 2.44 bits per heavy atom. The van der Waals surface area contributed by atoms with Crippen molar-refractivity contribution in [2.45, 2.75) is 32.1 Å². The maximum absolute atomic E-state index is 12.8. The van der Waals surface area contributed by atoms with E-state index in [1.807, 2.05) is 48.9 Å². The van der Waals surface area contributed by atoms with Gasteiger partial charge in [0.1, 0.15) is 11.9 Å². The highest BCUT2D eigenvalue weighted by molar-refractivity contribution is 5.93. The van der Waals surface area contributed by atoms with Crippen molar-refractivity contribution in [2.75, 3.05) is 31.1 Å². The van der Waals surface area contributed by atoms with Gasteiger partial charge in [-0.25, -0.2) is 9.50 Å². The summed E-state index contributed by atoms with van der Waals surface area (Å²) in [6, 6.07) is 8.38. The number of piperazine rings is 1. The van der Waals surface area contributed by atoms with E-state index in [9.17, 15) is 10.1 Å². The molecular weight excluding hydrogens is 512 g/mol. The Bertz CT molecular complexity index is 1700. The highest BCUT2D eigenvalue weighted by Crippen LogP contribution is 2.46. The Morgan fingerprint density at radius 2 is 1.76 bits per heavy atom. The van der Waals surface area contributed by atoms with Gasteiger partial charge in [-0.15, -0.1) is 0 Å². The molecule has 41 heavy (non-hydrogen) atoms. The van der Waals surface area contributed by atoms with Crippen molar-refractivity contribution in [3.63, 3.8) is 0 Å². The predicted molar refractivity (Wildman–Crippen MR) is 155 cm³/mol. The molecule has 5 heterocycles. The number of hydrogen-bond donors (Lipinski definition) is 0. The first-order valence-electron chi connectivity index (χ1n) is 14.5. The van der Waals surface area contributed by atoms with Gasteiger partial charge in [-0.1, -0.05) is 25.2 Å². The minimum absolute atomic E-state index is 0.0448. The summed E-state index contributed by atoms with van der Waals surface area (Å²) in [6.45, 7) is 2.72. The molecule has 0 bridgehead atoms. The molecule has 1 saturated heterocycles. The van der Waals surface area contributed by atoms with Gasteiger partial charge in [0.2, 0.25) is 0 Å². The second kappa shape index (κ2) is 10.4. The van der Waals surface area contributed by atoms with Crippen molar-refractivity contribution in [3.8, 4) is 40.2 Å². The monoisotopic (exact) mass is 544 g/mol. The zero-order valence-corrected chi connectivity index (χ0v) is 23.2. The molecule has 206 valence electrons. The van der Waals surface area contributed by atoms with E-state index in [0.29, 0.717) is 24.6 Å². The number of carbonyl (C=O) groups excluding carboxylic acids is 1. The summed E-state index contributed by atoms with van der Waals surface area (Å²) in [6.07, 6.45) is 15.6. The molecule has 3 fully saturated rings. The average molecular weight is 545 g/mol. The Morgan fingerprint density at radius 1 is 0.951 bits per heavy atom. The fourth-order valence-corrected chi connectivity index (χ4v) is 6.94. The van der Waals surface area contributed by atoms with Gasteiger partial charge in [0, 0.05) is 80.0 Å². The van der Waals surface area contributed by atoms with Crippen LogP contribution in [0.3, 0.4) is 0 Å². The van der Waals surface area contributed by atoms with E-state index in [4.69, 9.17) is 4.98 Å². The number of hydrogen-bond acceptors (Lipinski definition) is 6. The van der Waals surface area contributed by atoms with Crippen molar-refractivity contribution in [2.24, 2.45) is 24.8 Å². The standard InChI is InChI=1S/C32H32N8O/c1-37-20-28(19-35-37)26-15-29(32-27(16-33)18-36-40(32)21-26)25-6-7-30(34-17-25)38-9-11-39(12-10-38)31(41)8-5-22-13-23-3-2-4-24(23)14-22/h6-7,15,17-24H,2-4,9-14H2,1H3. The summed E-state index contributed by atoms with van der Waals surface area (Å²) < 4.78 is 3.51. The van der Waals surface area contributed by atoms with Crippen LogP contribution in [0.2, 0.25) is 0 Å². The predicted octanol–water partition coefficient (Wildman–Crippen LogP) is 4.15. The molecule has 7 rings (SSSR count). The molecular formula is C32H32N8O. The van der Waals surface area contributed by atoms with Crippen molar-refractivity contribution in [3.05, 3.63) is 54.7 Å². The van der Waals surface area contributed by atoms with Crippen LogP contribution >= 0.6 is 0 Å². The van der Waals surface area contributed by atoms with E-state index < -0.39 is 0 Å². The normalized spacial score (nSPS) is 21.9. The Kier molecular flexibility index (Phi) is 6.43. The Balaban J connectivity index is 1.05. The van der Waals surface area contributed by atoms with Crippen LogP contribution < -0.4 is 4.90 Å². The number of anilines is 1. The number of aromatic nitrogens is 5. The van der Waals surface area contributed by atoms with E-state index in [0.717, 1.165) is 58.5 Å². The summed E-state index contributed by atoms with van der Waals surface area (Å²) in [5.41, 5.74) is 4.99. The Hall–Kier alpha value is -4.63. The molecule has 0 N–H and O–H groups in total. The number of pyridine rings is 2. The summed E-state index contributed by atoms with van der Waals surface area (Å²) in [7, 11) is 1.89. The molecule has 0 spiro atoms. The summed E-state index contributed by atoms with van der Waals surface area (Å²) in [4.78, 5) is 21.7. The minimum atomic E-state index is -0.0448. The smallest absolute Gasteiger partial charge is 0.298 e. The highest BCUT2D eigenvalue weighted by Gasteiger charge is 2.36. The van der Waals surface area contributed by atoms with Gasteiger partial charge in [-0.05, 0) is 48.8 Å². The molecule has 2 atom stereocenters. The maximum Gasteiger partial charge on any atom is 0.298 e. The number of rotatable bonds is 3. The second-order valence-corrected chi connectivity index (χ2v) is 11.6. The van der Waals surface area contributed by atoms with E-state index in [2.05, 4.69) is 39.1 Å². The first-order valence-corrected chi connectivity index (χ1v) is 14.5. The first-order chi connectivity index (χ1) is 20.1. The molecule has 0 radical (unpaired) electrons. The van der Waals surface area contributed by atoms with E-state index >= 15 is 0 Å². The van der Waals surface area contributed by atoms with Gasteiger partial charge in [-0.3, -0.25) is 9.48 Å². The number of amides is 1. The van der Waals surface area contributed by atoms with Crippen LogP contribution in [-0.4, -0.2) is 61.4 Å². The third-order valence-corrected chi connectivity index (χ3v) is 9.09. The quantitative estimate of drug-likeness (QED) is 0.360. The SMILES string of the molecule is Cn1cc(-c2cc(-c3ccc(N4CCN(C(=O)C#CC5CC6CCCC6C5)CC4)nc3)c3c(C#N)cnn3c2)cn1. The van der Waals surface area contributed by atoms with Gasteiger partial charge in [0.15, 0.2) is 0 Å². The molecule has 0 aromatic carbocycles. The van der Waals surface area contributed by atoms with Crippen LogP contribution in [0.4, 0.5) is 5.82 Å². The molecule has 2 saturated carbocycles.